The first kappa shape index (κ1) is 16.0. The first-order valence-electron chi connectivity index (χ1n) is 7.11. The van der Waals surface area contributed by atoms with Gasteiger partial charge >= 0.3 is 6.18 Å². The Bertz CT molecular complexity index is 428. The van der Waals surface area contributed by atoms with E-state index in [0.29, 0.717) is 6.54 Å². The van der Waals surface area contributed by atoms with Crippen molar-refractivity contribution in [3.05, 3.63) is 23.9 Å². The largest absolute Gasteiger partial charge is 0.474 e. The summed E-state index contributed by atoms with van der Waals surface area (Å²) in [6.07, 6.45) is -0.846. The Morgan fingerprint density at radius 2 is 2.00 bits per heavy atom. The number of likely N-dealkylation sites (tertiary alicyclic amines) is 1. The van der Waals surface area contributed by atoms with E-state index < -0.39 is 11.7 Å². The Hall–Kier alpha value is -1.34. The predicted octanol–water partition coefficient (Wildman–Crippen LogP) is 2.29. The third-order valence-corrected chi connectivity index (χ3v) is 3.56. The van der Waals surface area contributed by atoms with E-state index in [0.717, 1.165) is 51.2 Å². The quantitative estimate of drug-likeness (QED) is 0.907. The summed E-state index contributed by atoms with van der Waals surface area (Å²) in [4.78, 5) is 6.06. The zero-order chi connectivity index (χ0) is 15.3. The van der Waals surface area contributed by atoms with Crippen molar-refractivity contribution < 1.29 is 17.9 Å². The highest BCUT2D eigenvalue weighted by molar-refractivity contribution is 5.20. The molecule has 21 heavy (non-hydrogen) atoms. The molecule has 2 rings (SSSR count). The third-order valence-electron chi connectivity index (χ3n) is 3.56. The summed E-state index contributed by atoms with van der Waals surface area (Å²) in [5.74, 6) is 0.253. The highest BCUT2D eigenvalue weighted by Crippen LogP contribution is 2.29. The van der Waals surface area contributed by atoms with Crippen LogP contribution in [-0.2, 0) is 6.18 Å². The van der Waals surface area contributed by atoms with Crippen molar-refractivity contribution in [2.75, 3.05) is 26.2 Å². The number of nitrogens with two attached hydrogens (primary N) is 1. The van der Waals surface area contributed by atoms with Crippen molar-refractivity contribution in [1.82, 2.24) is 9.88 Å². The second kappa shape index (κ2) is 7.09. The minimum Gasteiger partial charge on any atom is -0.474 e. The van der Waals surface area contributed by atoms with Crippen LogP contribution in [0.1, 0.15) is 24.8 Å². The average molecular weight is 303 g/mol. The van der Waals surface area contributed by atoms with Crippen LogP contribution in [0.15, 0.2) is 18.3 Å². The zero-order valence-electron chi connectivity index (χ0n) is 11.8. The molecule has 1 fully saturated rings. The molecule has 1 aromatic rings. The van der Waals surface area contributed by atoms with Crippen LogP contribution in [0, 0.1) is 0 Å². The second-order valence-electron chi connectivity index (χ2n) is 5.18. The van der Waals surface area contributed by atoms with Crippen molar-refractivity contribution in [3.8, 4) is 5.88 Å². The van der Waals surface area contributed by atoms with Crippen LogP contribution in [-0.4, -0.2) is 42.2 Å². The van der Waals surface area contributed by atoms with E-state index >= 15 is 0 Å². The number of piperidine rings is 1. The first-order chi connectivity index (χ1) is 9.99. The lowest BCUT2D eigenvalue weighted by atomic mass is 10.1. The molecule has 0 atom stereocenters. The summed E-state index contributed by atoms with van der Waals surface area (Å²) in [6, 6.07) is 2.28. The molecule has 0 unspecified atom stereocenters. The van der Waals surface area contributed by atoms with Gasteiger partial charge in [-0.15, -0.1) is 0 Å². The van der Waals surface area contributed by atoms with Crippen LogP contribution in [0.25, 0.3) is 0 Å². The van der Waals surface area contributed by atoms with Crippen molar-refractivity contribution >= 4 is 0 Å². The molecule has 2 heterocycles. The van der Waals surface area contributed by atoms with E-state index in [9.17, 15) is 13.2 Å². The van der Waals surface area contributed by atoms with Gasteiger partial charge in [0.25, 0.3) is 0 Å². The van der Waals surface area contributed by atoms with Gasteiger partial charge in [-0.3, -0.25) is 0 Å². The molecule has 1 aliphatic heterocycles. The normalized spacial score (nSPS) is 17.9. The molecule has 0 saturated carbocycles. The number of rotatable bonds is 5. The Labute approximate surface area is 122 Å². The van der Waals surface area contributed by atoms with Crippen molar-refractivity contribution in [2.24, 2.45) is 5.73 Å². The number of hydrogen-bond acceptors (Lipinski definition) is 4. The molecular weight excluding hydrogens is 283 g/mol. The molecule has 0 aliphatic carbocycles. The molecule has 2 N–H and O–H groups in total. The molecule has 7 heteroatoms. The van der Waals surface area contributed by atoms with Crippen LogP contribution in [0.2, 0.25) is 0 Å². The summed E-state index contributed by atoms with van der Waals surface area (Å²) in [5.41, 5.74) is 4.72. The van der Waals surface area contributed by atoms with Gasteiger partial charge in [0.2, 0.25) is 5.88 Å². The average Bonchev–Trinajstić information content (AvgIpc) is 2.46. The number of aromatic nitrogens is 1. The molecule has 118 valence electrons. The molecule has 0 radical (unpaired) electrons. The molecule has 1 aliphatic rings. The van der Waals surface area contributed by atoms with Crippen molar-refractivity contribution in [2.45, 2.75) is 31.5 Å². The van der Waals surface area contributed by atoms with Gasteiger partial charge in [0.05, 0.1) is 5.56 Å². The van der Waals surface area contributed by atoms with Crippen molar-refractivity contribution in [3.63, 3.8) is 0 Å². The minimum atomic E-state index is -4.36. The van der Waals surface area contributed by atoms with Gasteiger partial charge in [0.15, 0.2) is 0 Å². The summed E-state index contributed by atoms with van der Waals surface area (Å²) in [7, 11) is 0. The molecule has 1 aromatic heterocycles. The summed E-state index contributed by atoms with van der Waals surface area (Å²) < 4.78 is 42.9. The highest BCUT2D eigenvalue weighted by atomic mass is 19.4. The number of ether oxygens (including phenoxy) is 1. The number of hydrogen-bond donors (Lipinski definition) is 1. The SMILES string of the molecule is NCCCN1CCC(Oc2ccc(C(F)(F)F)cn2)CC1. The first-order valence-corrected chi connectivity index (χ1v) is 7.11. The number of pyridine rings is 1. The summed E-state index contributed by atoms with van der Waals surface area (Å²) in [5, 5.41) is 0. The summed E-state index contributed by atoms with van der Waals surface area (Å²) in [6.45, 7) is 3.52. The topological polar surface area (TPSA) is 51.4 Å². The molecule has 0 bridgehead atoms. The van der Waals surface area contributed by atoms with Gasteiger partial charge < -0.3 is 15.4 Å². The molecule has 1 saturated heterocycles. The van der Waals surface area contributed by atoms with E-state index in [2.05, 4.69) is 9.88 Å². The fourth-order valence-electron chi connectivity index (χ4n) is 2.35. The monoisotopic (exact) mass is 303 g/mol. The maximum Gasteiger partial charge on any atom is 0.417 e. The number of halogens is 3. The Morgan fingerprint density at radius 3 is 2.52 bits per heavy atom. The van der Waals surface area contributed by atoms with E-state index in [4.69, 9.17) is 10.5 Å². The van der Waals surface area contributed by atoms with Crippen LogP contribution >= 0.6 is 0 Å². The molecule has 4 nitrogen and oxygen atoms in total. The lowest BCUT2D eigenvalue weighted by Crippen LogP contribution is -2.39. The van der Waals surface area contributed by atoms with E-state index in [1.807, 2.05) is 0 Å². The van der Waals surface area contributed by atoms with Gasteiger partial charge in [-0.05, 0) is 38.4 Å². The number of alkyl halides is 3. The van der Waals surface area contributed by atoms with Crippen LogP contribution < -0.4 is 10.5 Å². The summed E-state index contributed by atoms with van der Waals surface area (Å²) >= 11 is 0. The Morgan fingerprint density at radius 1 is 1.29 bits per heavy atom. The maximum atomic E-state index is 12.4. The lowest BCUT2D eigenvalue weighted by molar-refractivity contribution is -0.137. The maximum absolute atomic E-state index is 12.4. The second-order valence-corrected chi connectivity index (χ2v) is 5.18. The van der Waals surface area contributed by atoms with Gasteiger partial charge in [-0.2, -0.15) is 13.2 Å². The van der Waals surface area contributed by atoms with Crippen LogP contribution in [0.3, 0.4) is 0 Å². The van der Waals surface area contributed by atoms with Gasteiger partial charge in [-0.1, -0.05) is 0 Å². The molecule has 0 aromatic carbocycles. The Kier molecular flexibility index (Phi) is 5.41. The minimum absolute atomic E-state index is 0.0170. The van der Waals surface area contributed by atoms with Crippen molar-refractivity contribution in [1.29, 1.82) is 0 Å². The molecule has 0 spiro atoms. The molecule has 0 amide bonds. The third kappa shape index (κ3) is 4.86. The van der Waals surface area contributed by atoms with Crippen LogP contribution in [0.4, 0.5) is 13.2 Å². The zero-order valence-corrected chi connectivity index (χ0v) is 11.8. The Balaban J connectivity index is 1.81. The fraction of sp³-hybridized carbons (Fsp3) is 0.643. The van der Waals surface area contributed by atoms with Gasteiger partial charge in [-0.25, -0.2) is 4.98 Å². The van der Waals surface area contributed by atoms with Gasteiger partial charge in [0.1, 0.15) is 6.10 Å². The van der Waals surface area contributed by atoms with Gasteiger partial charge in [0, 0.05) is 25.4 Å². The fourth-order valence-corrected chi connectivity index (χ4v) is 2.35. The van der Waals surface area contributed by atoms with E-state index in [-0.39, 0.29) is 12.0 Å². The van der Waals surface area contributed by atoms with E-state index in [1.54, 1.807) is 0 Å². The standard InChI is InChI=1S/C14H20F3N3O/c15-14(16,17)11-2-3-13(19-10-11)21-12-4-8-20(9-5-12)7-1-6-18/h2-3,10,12H,1,4-9,18H2. The lowest BCUT2D eigenvalue weighted by Gasteiger charge is -2.31. The van der Waals surface area contributed by atoms with E-state index in [1.165, 1.54) is 6.07 Å². The smallest absolute Gasteiger partial charge is 0.417 e. The highest BCUT2D eigenvalue weighted by Gasteiger charge is 2.31. The molecular formula is C14H20F3N3O. The van der Waals surface area contributed by atoms with Crippen LogP contribution in [0.5, 0.6) is 5.88 Å². The predicted molar refractivity (Wildman–Crippen MR) is 73.0 cm³/mol. The number of nitrogens with zero attached hydrogens (tertiary/aromatic N) is 2.